The maximum absolute atomic E-state index is 11.9. The zero-order chi connectivity index (χ0) is 13.5. The minimum absolute atomic E-state index is 0.0268. The van der Waals surface area contributed by atoms with Gasteiger partial charge in [-0.1, -0.05) is 20.8 Å². The number of hydrogen-bond donors (Lipinski definition) is 2. The molecule has 1 heterocycles. The summed E-state index contributed by atoms with van der Waals surface area (Å²) in [6, 6.07) is -0.0268. The van der Waals surface area contributed by atoms with Crippen LogP contribution in [0.4, 0.5) is 0 Å². The van der Waals surface area contributed by atoms with Gasteiger partial charge in [0, 0.05) is 13.0 Å². The Labute approximate surface area is 108 Å². The van der Waals surface area contributed by atoms with Crippen molar-refractivity contribution in [1.29, 1.82) is 0 Å². The number of hydrogen-bond acceptors (Lipinski definition) is 4. The highest BCUT2D eigenvalue weighted by Crippen LogP contribution is 2.04. The van der Waals surface area contributed by atoms with Crippen LogP contribution in [-0.4, -0.2) is 40.3 Å². The third-order valence-corrected chi connectivity index (χ3v) is 2.69. The molecule has 0 radical (unpaired) electrons. The van der Waals surface area contributed by atoms with Gasteiger partial charge in [-0.2, -0.15) is 0 Å². The molecule has 0 aliphatic heterocycles. The van der Waals surface area contributed by atoms with E-state index < -0.39 is 0 Å². The van der Waals surface area contributed by atoms with Crippen molar-refractivity contribution >= 4 is 5.91 Å². The van der Waals surface area contributed by atoms with Crippen molar-refractivity contribution in [2.75, 3.05) is 13.2 Å². The van der Waals surface area contributed by atoms with Crippen LogP contribution in [0.2, 0.25) is 0 Å². The highest BCUT2D eigenvalue weighted by molar-refractivity contribution is 5.90. The molecule has 102 valence electrons. The maximum atomic E-state index is 11.9. The Balaban J connectivity index is 2.60. The number of rotatable bonds is 7. The molecular formula is C12H22N4O2. The van der Waals surface area contributed by atoms with E-state index in [1.165, 1.54) is 0 Å². The van der Waals surface area contributed by atoms with Gasteiger partial charge in [0.15, 0.2) is 0 Å². The van der Waals surface area contributed by atoms with E-state index in [0.717, 1.165) is 6.42 Å². The van der Waals surface area contributed by atoms with Gasteiger partial charge in [-0.25, -0.2) is 4.98 Å². The van der Waals surface area contributed by atoms with E-state index in [1.807, 2.05) is 27.7 Å². The summed E-state index contributed by atoms with van der Waals surface area (Å²) in [6.45, 7) is 9.11. The van der Waals surface area contributed by atoms with Gasteiger partial charge in [0.25, 0.3) is 5.91 Å². The first-order valence-electron chi connectivity index (χ1n) is 6.38. The molecule has 0 saturated carbocycles. The van der Waals surface area contributed by atoms with Gasteiger partial charge in [0.05, 0.1) is 12.6 Å². The Bertz CT molecular complexity index is 376. The van der Waals surface area contributed by atoms with Gasteiger partial charge in [0.2, 0.25) is 5.82 Å². The van der Waals surface area contributed by atoms with Crippen LogP contribution in [0.25, 0.3) is 0 Å². The topological polar surface area (TPSA) is 79.9 Å². The van der Waals surface area contributed by atoms with Crippen molar-refractivity contribution < 1.29 is 9.53 Å². The lowest BCUT2D eigenvalue weighted by Crippen LogP contribution is -2.42. The lowest BCUT2D eigenvalue weighted by molar-refractivity contribution is 0.0798. The van der Waals surface area contributed by atoms with Crippen LogP contribution in [0.1, 0.15) is 44.1 Å². The molecule has 6 heteroatoms. The summed E-state index contributed by atoms with van der Waals surface area (Å²) in [6.07, 6.45) is 0.729. The number of carbonyl (C=O) groups excluding carboxylic acids is 1. The molecule has 1 unspecified atom stereocenters. The maximum Gasteiger partial charge on any atom is 0.291 e. The van der Waals surface area contributed by atoms with Gasteiger partial charge in [0.1, 0.15) is 5.82 Å². The molecule has 1 atom stereocenters. The summed E-state index contributed by atoms with van der Waals surface area (Å²) in [4.78, 5) is 16.0. The van der Waals surface area contributed by atoms with Gasteiger partial charge < -0.3 is 10.1 Å². The largest absolute Gasteiger partial charge is 0.380 e. The monoisotopic (exact) mass is 254 g/mol. The van der Waals surface area contributed by atoms with Crippen molar-refractivity contribution in [1.82, 2.24) is 20.5 Å². The first kappa shape index (κ1) is 14.6. The van der Waals surface area contributed by atoms with Crippen LogP contribution in [-0.2, 0) is 11.2 Å². The lowest BCUT2D eigenvalue weighted by atomic mass is 10.1. The van der Waals surface area contributed by atoms with E-state index in [9.17, 15) is 4.79 Å². The molecule has 0 fully saturated rings. The Morgan fingerprint density at radius 3 is 2.67 bits per heavy atom. The van der Waals surface area contributed by atoms with Crippen LogP contribution in [0, 0.1) is 5.92 Å². The molecule has 0 aliphatic rings. The number of nitrogens with one attached hydrogen (secondary N) is 2. The molecule has 0 aromatic carbocycles. The first-order valence-corrected chi connectivity index (χ1v) is 6.38. The van der Waals surface area contributed by atoms with Gasteiger partial charge in [-0.05, 0) is 12.8 Å². The fourth-order valence-corrected chi connectivity index (χ4v) is 1.43. The van der Waals surface area contributed by atoms with E-state index in [4.69, 9.17) is 4.74 Å². The zero-order valence-electron chi connectivity index (χ0n) is 11.5. The number of nitrogens with zero attached hydrogens (tertiary/aromatic N) is 2. The molecule has 0 saturated heterocycles. The van der Waals surface area contributed by atoms with Crippen LogP contribution < -0.4 is 5.32 Å². The normalized spacial score (nSPS) is 12.7. The smallest absolute Gasteiger partial charge is 0.291 e. The number of amides is 1. The molecule has 0 aliphatic carbocycles. The minimum atomic E-state index is -0.260. The Kier molecular flexibility index (Phi) is 5.77. The summed E-state index contributed by atoms with van der Waals surface area (Å²) in [5.41, 5.74) is 0. The van der Waals surface area contributed by atoms with Crippen molar-refractivity contribution in [3.8, 4) is 0 Å². The molecule has 0 bridgehead atoms. The van der Waals surface area contributed by atoms with Crippen LogP contribution in [0.15, 0.2) is 0 Å². The molecule has 18 heavy (non-hydrogen) atoms. The second-order valence-corrected chi connectivity index (χ2v) is 4.44. The third-order valence-electron chi connectivity index (χ3n) is 2.69. The van der Waals surface area contributed by atoms with Gasteiger partial charge in [-0.15, -0.1) is 5.10 Å². The number of carbonyl (C=O) groups is 1. The van der Waals surface area contributed by atoms with E-state index in [0.29, 0.717) is 25.0 Å². The Morgan fingerprint density at radius 1 is 1.44 bits per heavy atom. The van der Waals surface area contributed by atoms with E-state index >= 15 is 0 Å². The summed E-state index contributed by atoms with van der Waals surface area (Å²) in [5.74, 6) is 0.939. The van der Waals surface area contributed by atoms with Crippen LogP contribution in [0.5, 0.6) is 0 Å². The summed E-state index contributed by atoms with van der Waals surface area (Å²) < 4.78 is 5.36. The summed E-state index contributed by atoms with van der Waals surface area (Å²) in [7, 11) is 0. The van der Waals surface area contributed by atoms with E-state index in [-0.39, 0.29) is 17.8 Å². The van der Waals surface area contributed by atoms with Gasteiger partial charge in [-0.3, -0.25) is 9.89 Å². The highest BCUT2D eigenvalue weighted by atomic mass is 16.5. The fourth-order valence-electron chi connectivity index (χ4n) is 1.43. The molecule has 1 rings (SSSR count). The first-order chi connectivity index (χ1) is 8.58. The molecule has 1 amide bonds. The fraction of sp³-hybridized carbons (Fsp3) is 0.750. The molecule has 0 spiro atoms. The summed E-state index contributed by atoms with van der Waals surface area (Å²) >= 11 is 0. The standard InChI is InChI=1S/C12H22N4O2/c1-5-10-14-11(16-15-10)12(17)13-9(8(3)4)7-18-6-2/h8-9H,5-7H2,1-4H3,(H,13,17)(H,14,15,16). The van der Waals surface area contributed by atoms with E-state index in [2.05, 4.69) is 20.5 Å². The average Bonchev–Trinajstić information content (AvgIpc) is 2.82. The van der Waals surface area contributed by atoms with E-state index in [1.54, 1.807) is 0 Å². The Hall–Kier alpha value is -1.43. The minimum Gasteiger partial charge on any atom is -0.380 e. The van der Waals surface area contributed by atoms with Gasteiger partial charge >= 0.3 is 0 Å². The molecule has 1 aromatic rings. The number of H-pyrrole nitrogens is 1. The zero-order valence-corrected chi connectivity index (χ0v) is 11.5. The average molecular weight is 254 g/mol. The molecule has 6 nitrogen and oxygen atoms in total. The Morgan fingerprint density at radius 2 is 2.17 bits per heavy atom. The number of aryl methyl sites for hydroxylation is 1. The predicted octanol–water partition coefficient (Wildman–Crippen LogP) is 1.16. The number of ether oxygens (including phenoxy) is 1. The molecular weight excluding hydrogens is 232 g/mol. The van der Waals surface area contributed by atoms with Crippen molar-refractivity contribution in [2.45, 2.75) is 40.2 Å². The van der Waals surface area contributed by atoms with Crippen LogP contribution >= 0.6 is 0 Å². The molecule has 1 aromatic heterocycles. The van der Waals surface area contributed by atoms with Crippen LogP contribution in [0.3, 0.4) is 0 Å². The molecule has 2 N–H and O–H groups in total. The highest BCUT2D eigenvalue weighted by Gasteiger charge is 2.19. The van der Waals surface area contributed by atoms with Crippen molar-refractivity contribution in [3.63, 3.8) is 0 Å². The SMILES string of the molecule is CCOCC(NC(=O)c1n[nH]c(CC)n1)C(C)C. The van der Waals surface area contributed by atoms with Crippen molar-refractivity contribution in [3.05, 3.63) is 11.6 Å². The third kappa shape index (κ3) is 4.10. The number of aromatic amines is 1. The number of aromatic nitrogens is 3. The summed E-state index contributed by atoms with van der Waals surface area (Å²) in [5, 5.41) is 9.52. The quantitative estimate of drug-likeness (QED) is 0.765. The lowest BCUT2D eigenvalue weighted by Gasteiger charge is -2.21. The second kappa shape index (κ2) is 7.10. The van der Waals surface area contributed by atoms with Crippen molar-refractivity contribution in [2.24, 2.45) is 5.92 Å². The second-order valence-electron chi connectivity index (χ2n) is 4.44. The predicted molar refractivity (Wildman–Crippen MR) is 68.3 cm³/mol.